The van der Waals surface area contributed by atoms with E-state index in [1.807, 2.05) is 12.3 Å². The van der Waals surface area contributed by atoms with Gasteiger partial charge >= 0.3 is 0 Å². The SMILES string of the molecule is ClCCCc1ncc(C2(c3ccccc3)CC2)o1. The van der Waals surface area contributed by atoms with Crippen LogP contribution < -0.4 is 0 Å². The van der Waals surface area contributed by atoms with Crippen LogP contribution in [0.3, 0.4) is 0 Å². The van der Waals surface area contributed by atoms with Gasteiger partial charge in [-0.05, 0) is 24.8 Å². The Kier molecular flexibility index (Phi) is 3.13. The Labute approximate surface area is 112 Å². The number of benzene rings is 1. The van der Waals surface area contributed by atoms with Crippen molar-refractivity contribution in [2.75, 3.05) is 5.88 Å². The van der Waals surface area contributed by atoms with Gasteiger partial charge in [0.15, 0.2) is 5.89 Å². The van der Waals surface area contributed by atoms with Crippen molar-refractivity contribution >= 4 is 11.6 Å². The third-order valence-corrected chi connectivity index (χ3v) is 3.89. The molecule has 1 aromatic carbocycles. The van der Waals surface area contributed by atoms with Crippen LogP contribution in [0, 0.1) is 0 Å². The maximum atomic E-state index is 5.90. The number of halogens is 1. The molecule has 0 radical (unpaired) electrons. The van der Waals surface area contributed by atoms with Crippen LogP contribution in [0.1, 0.15) is 36.5 Å². The van der Waals surface area contributed by atoms with Crippen molar-refractivity contribution in [3.8, 4) is 0 Å². The molecule has 0 atom stereocenters. The van der Waals surface area contributed by atoms with Crippen LogP contribution in [-0.4, -0.2) is 10.9 Å². The summed E-state index contributed by atoms with van der Waals surface area (Å²) in [6.07, 6.45) is 5.94. The molecule has 0 spiro atoms. The molecule has 1 heterocycles. The maximum absolute atomic E-state index is 5.90. The monoisotopic (exact) mass is 261 g/mol. The lowest BCUT2D eigenvalue weighted by Crippen LogP contribution is -2.06. The molecular weight excluding hydrogens is 246 g/mol. The van der Waals surface area contributed by atoms with Gasteiger partial charge in [-0.25, -0.2) is 4.98 Å². The summed E-state index contributed by atoms with van der Waals surface area (Å²) in [5.74, 6) is 2.48. The third-order valence-electron chi connectivity index (χ3n) is 3.63. The summed E-state index contributed by atoms with van der Waals surface area (Å²) in [6, 6.07) is 10.6. The molecule has 0 aliphatic heterocycles. The second-order valence-electron chi connectivity index (χ2n) is 4.86. The molecule has 1 fully saturated rings. The lowest BCUT2D eigenvalue weighted by atomic mass is 9.94. The number of aromatic nitrogens is 1. The second kappa shape index (κ2) is 4.77. The molecule has 0 unspecified atom stereocenters. The van der Waals surface area contributed by atoms with E-state index in [9.17, 15) is 0 Å². The van der Waals surface area contributed by atoms with Crippen LogP contribution in [0.4, 0.5) is 0 Å². The predicted octanol–water partition coefficient (Wildman–Crippen LogP) is 3.93. The molecule has 94 valence electrons. The van der Waals surface area contributed by atoms with Crippen LogP contribution in [-0.2, 0) is 11.8 Å². The zero-order chi connectivity index (χ0) is 12.4. The molecule has 2 aromatic rings. The minimum absolute atomic E-state index is 0.0907. The first-order chi connectivity index (χ1) is 8.85. The van der Waals surface area contributed by atoms with Gasteiger partial charge in [-0.15, -0.1) is 11.6 Å². The third kappa shape index (κ3) is 2.05. The summed E-state index contributed by atoms with van der Waals surface area (Å²) < 4.78 is 5.90. The van der Waals surface area contributed by atoms with Crippen LogP contribution >= 0.6 is 11.6 Å². The van der Waals surface area contributed by atoms with Crippen molar-refractivity contribution in [1.29, 1.82) is 0 Å². The first kappa shape index (κ1) is 11.8. The summed E-state index contributed by atoms with van der Waals surface area (Å²) in [5, 5.41) is 0. The molecule has 1 aliphatic rings. The summed E-state index contributed by atoms with van der Waals surface area (Å²) in [4.78, 5) is 4.36. The van der Waals surface area contributed by atoms with E-state index in [0.717, 1.165) is 37.3 Å². The van der Waals surface area contributed by atoms with E-state index in [0.29, 0.717) is 5.88 Å². The average Bonchev–Trinajstić information content (AvgIpc) is 3.10. The van der Waals surface area contributed by atoms with Gasteiger partial charge in [0.05, 0.1) is 11.6 Å². The van der Waals surface area contributed by atoms with Gasteiger partial charge in [0.1, 0.15) is 5.76 Å². The van der Waals surface area contributed by atoms with E-state index >= 15 is 0 Å². The topological polar surface area (TPSA) is 26.0 Å². The highest BCUT2D eigenvalue weighted by atomic mass is 35.5. The first-order valence-electron chi connectivity index (χ1n) is 6.42. The van der Waals surface area contributed by atoms with Crippen molar-refractivity contribution in [1.82, 2.24) is 4.98 Å². The van der Waals surface area contributed by atoms with E-state index in [-0.39, 0.29) is 5.41 Å². The zero-order valence-electron chi connectivity index (χ0n) is 10.2. The van der Waals surface area contributed by atoms with E-state index in [4.69, 9.17) is 16.0 Å². The number of alkyl halides is 1. The second-order valence-corrected chi connectivity index (χ2v) is 5.24. The Balaban J connectivity index is 1.84. The molecule has 1 aromatic heterocycles. The van der Waals surface area contributed by atoms with Crippen molar-refractivity contribution in [3.63, 3.8) is 0 Å². The Morgan fingerprint density at radius 2 is 2.00 bits per heavy atom. The number of oxazole rings is 1. The summed E-state index contributed by atoms with van der Waals surface area (Å²) >= 11 is 5.69. The Morgan fingerprint density at radius 1 is 1.22 bits per heavy atom. The van der Waals surface area contributed by atoms with E-state index < -0.39 is 0 Å². The van der Waals surface area contributed by atoms with Gasteiger partial charge < -0.3 is 4.42 Å². The van der Waals surface area contributed by atoms with Crippen molar-refractivity contribution < 1.29 is 4.42 Å². The molecule has 18 heavy (non-hydrogen) atoms. The maximum Gasteiger partial charge on any atom is 0.194 e. The van der Waals surface area contributed by atoms with Gasteiger partial charge in [0, 0.05) is 12.3 Å². The summed E-state index contributed by atoms with van der Waals surface area (Å²) in [5.41, 5.74) is 1.43. The van der Waals surface area contributed by atoms with Gasteiger partial charge in [0.2, 0.25) is 0 Å². The number of hydrogen-bond donors (Lipinski definition) is 0. The molecule has 0 bridgehead atoms. The Bertz CT molecular complexity index is 516. The molecule has 0 N–H and O–H groups in total. The quantitative estimate of drug-likeness (QED) is 0.763. The van der Waals surface area contributed by atoms with Crippen LogP contribution in [0.5, 0.6) is 0 Å². The fourth-order valence-electron chi connectivity index (χ4n) is 2.42. The van der Waals surface area contributed by atoms with E-state index in [1.165, 1.54) is 5.56 Å². The molecule has 0 amide bonds. The molecule has 0 saturated heterocycles. The fraction of sp³-hybridized carbons (Fsp3) is 0.400. The number of hydrogen-bond acceptors (Lipinski definition) is 2. The van der Waals surface area contributed by atoms with Crippen LogP contribution in [0.15, 0.2) is 40.9 Å². The van der Waals surface area contributed by atoms with E-state index in [2.05, 4.69) is 29.2 Å². The lowest BCUT2D eigenvalue weighted by molar-refractivity contribution is 0.431. The van der Waals surface area contributed by atoms with Gasteiger partial charge in [-0.2, -0.15) is 0 Å². The lowest BCUT2D eigenvalue weighted by Gasteiger charge is -2.11. The normalized spacial score (nSPS) is 16.7. The number of nitrogens with zero attached hydrogens (tertiary/aromatic N) is 1. The summed E-state index contributed by atoms with van der Waals surface area (Å²) in [6.45, 7) is 0. The highest BCUT2D eigenvalue weighted by Crippen LogP contribution is 2.53. The molecular formula is C15H16ClNO. The highest BCUT2D eigenvalue weighted by Gasteiger charge is 2.48. The van der Waals surface area contributed by atoms with Crippen LogP contribution in [0.2, 0.25) is 0 Å². The van der Waals surface area contributed by atoms with E-state index in [1.54, 1.807) is 0 Å². The average molecular weight is 262 g/mol. The Hall–Kier alpha value is -1.28. The van der Waals surface area contributed by atoms with Gasteiger partial charge in [-0.1, -0.05) is 30.3 Å². The minimum atomic E-state index is 0.0907. The smallest absolute Gasteiger partial charge is 0.194 e. The minimum Gasteiger partial charge on any atom is -0.445 e. The fourth-order valence-corrected chi connectivity index (χ4v) is 2.56. The van der Waals surface area contributed by atoms with Crippen molar-refractivity contribution in [2.45, 2.75) is 31.1 Å². The zero-order valence-corrected chi connectivity index (χ0v) is 11.0. The van der Waals surface area contributed by atoms with Gasteiger partial charge in [-0.3, -0.25) is 0 Å². The standard InChI is InChI=1S/C15H16ClNO/c16-10-4-7-14-17-11-13(18-14)15(8-9-15)12-5-2-1-3-6-12/h1-3,5-6,11H,4,7-10H2. The number of rotatable bonds is 5. The predicted molar refractivity (Wildman–Crippen MR) is 72.0 cm³/mol. The molecule has 1 saturated carbocycles. The largest absolute Gasteiger partial charge is 0.445 e. The first-order valence-corrected chi connectivity index (χ1v) is 6.95. The Morgan fingerprint density at radius 3 is 2.67 bits per heavy atom. The van der Waals surface area contributed by atoms with Crippen LogP contribution in [0.25, 0.3) is 0 Å². The highest BCUT2D eigenvalue weighted by molar-refractivity contribution is 6.17. The molecule has 1 aliphatic carbocycles. The molecule has 3 rings (SSSR count). The van der Waals surface area contributed by atoms with Crippen molar-refractivity contribution in [3.05, 3.63) is 53.7 Å². The van der Waals surface area contributed by atoms with Gasteiger partial charge in [0.25, 0.3) is 0 Å². The summed E-state index contributed by atoms with van der Waals surface area (Å²) in [7, 11) is 0. The molecule has 3 heteroatoms. The number of aryl methyl sites for hydroxylation is 1. The molecule has 2 nitrogen and oxygen atoms in total. The van der Waals surface area contributed by atoms with Crippen molar-refractivity contribution in [2.24, 2.45) is 0 Å².